The maximum Gasteiger partial charge on any atom is 0.121 e. The van der Waals surface area contributed by atoms with E-state index in [0.29, 0.717) is 28.7 Å². The lowest BCUT2D eigenvalue weighted by Crippen LogP contribution is -2.11. The SMILES string of the molecule is CC(C)(C)c1ccc(Cl)cc1.CC(C)(C)c1ccc(N=[N+]=[N-])cc1.CC(C)(C)c1ccc(O)cc1.CC(C)(C)c1cccc(O)c1.COc1ccc(C(C)(C)C)cc1.Cc1cc(C(C)(C)C)cc(C)c1O.Cc1cc(C(C)(C)C)ccc1O. The molecule has 7 aromatic rings. The largest absolute Gasteiger partial charge is 0.508 e. The maximum atomic E-state index is 9.60. The van der Waals surface area contributed by atoms with E-state index in [2.05, 4.69) is 192 Å². The first-order chi connectivity index (χ1) is 37.8. The monoisotopic (exact) mass is 1150 g/mol. The number of methoxy groups -OCH3 is 1. The van der Waals surface area contributed by atoms with Crippen LogP contribution in [0.2, 0.25) is 5.02 Å². The Kier molecular flexibility index (Phi) is 28.3. The number of azide groups is 1. The molecule has 4 N–H and O–H groups in total. The Hall–Kier alpha value is -6.86. The molecule has 0 amide bonds. The van der Waals surface area contributed by atoms with Crippen molar-refractivity contribution in [2.45, 2.75) is 204 Å². The Morgan fingerprint density at radius 1 is 0.373 bits per heavy atom. The van der Waals surface area contributed by atoms with Gasteiger partial charge in [0.25, 0.3) is 0 Å². The highest BCUT2D eigenvalue weighted by Gasteiger charge is 2.18. The van der Waals surface area contributed by atoms with E-state index in [-0.39, 0.29) is 37.9 Å². The molecular formula is C74H104ClN3O5. The van der Waals surface area contributed by atoms with Crippen LogP contribution in [-0.4, -0.2) is 27.5 Å². The third-order valence-corrected chi connectivity index (χ3v) is 13.7. The predicted molar refractivity (Wildman–Crippen MR) is 357 cm³/mol. The summed E-state index contributed by atoms with van der Waals surface area (Å²) in [5.41, 5.74) is 21.8. The number of phenols is 4. The highest BCUT2D eigenvalue weighted by molar-refractivity contribution is 6.30. The summed E-state index contributed by atoms with van der Waals surface area (Å²) >= 11 is 5.76. The molecule has 452 valence electrons. The third-order valence-electron chi connectivity index (χ3n) is 13.4. The van der Waals surface area contributed by atoms with Gasteiger partial charge in [-0.25, -0.2) is 0 Å². The van der Waals surface area contributed by atoms with Gasteiger partial charge in [0.15, 0.2) is 0 Å². The molecule has 8 nitrogen and oxygen atoms in total. The molecule has 7 aromatic carbocycles. The predicted octanol–water partition coefficient (Wildman–Crippen LogP) is 22.2. The minimum absolute atomic E-state index is 0.124. The van der Waals surface area contributed by atoms with Crippen molar-refractivity contribution >= 4 is 17.3 Å². The molecule has 83 heavy (non-hydrogen) atoms. The molecule has 0 bridgehead atoms. The average molecular weight is 1150 g/mol. The van der Waals surface area contributed by atoms with Crippen LogP contribution in [0.25, 0.3) is 10.4 Å². The second-order valence-corrected chi connectivity index (χ2v) is 28.7. The van der Waals surface area contributed by atoms with Crippen LogP contribution < -0.4 is 4.74 Å². The zero-order chi connectivity index (χ0) is 64.1. The lowest BCUT2D eigenvalue weighted by atomic mass is 9.85. The number of phenolic OH excluding ortho intramolecular Hbond substituents is 4. The normalized spacial score (nSPS) is 11.4. The number of hydrogen-bond acceptors (Lipinski definition) is 6. The smallest absolute Gasteiger partial charge is 0.121 e. The summed E-state index contributed by atoms with van der Waals surface area (Å²) < 4.78 is 5.08. The maximum absolute atomic E-state index is 9.60. The van der Waals surface area contributed by atoms with Crippen LogP contribution in [0, 0.1) is 20.8 Å². The van der Waals surface area contributed by atoms with Crippen LogP contribution >= 0.6 is 11.6 Å². The van der Waals surface area contributed by atoms with Gasteiger partial charge in [-0.2, -0.15) is 0 Å². The highest BCUT2D eigenvalue weighted by Crippen LogP contribution is 2.32. The van der Waals surface area contributed by atoms with E-state index in [0.717, 1.165) is 33.0 Å². The van der Waals surface area contributed by atoms with Gasteiger partial charge in [0.2, 0.25) is 0 Å². The van der Waals surface area contributed by atoms with Crippen molar-refractivity contribution < 1.29 is 25.2 Å². The standard InChI is InChI=1S/C12H18O.2C11H16O.C10H13Cl.C10H13N3.2C10H14O/c1-8-6-10(12(3,4)5)7-9(2)11(8)13;1-11(2,3)9-5-7-10(12-4)8-6-9;1-8-7-9(11(2,3)4)5-6-10(8)12;1-10(2,3)8-4-6-9(11)7-5-8;1-10(2,3)8-4-6-9(7-5-8)12-13-11;1-10(2,3)8-4-6-9(11)7-5-8;1-10(2,3)8-5-4-6-9(11)7-8/h6-7,13H,1-5H3;5-8H,1-4H3;5-7,12H,1-4H3;4-7H,1-3H3;4-7H,1-3H3;2*4-7,11H,1-3H3. The summed E-state index contributed by atoms with van der Waals surface area (Å²) in [7, 11) is 1.69. The molecular weight excluding hydrogens is 1050 g/mol. The van der Waals surface area contributed by atoms with Crippen molar-refractivity contribution in [2.24, 2.45) is 5.11 Å². The van der Waals surface area contributed by atoms with Crippen molar-refractivity contribution in [3.8, 4) is 28.7 Å². The quantitative estimate of drug-likeness (QED) is 0.0776. The van der Waals surface area contributed by atoms with Crippen molar-refractivity contribution in [3.05, 3.63) is 223 Å². The third kappa shape index (κ3) is 28.3. The summed E-state index contributed by atoms with van der Waals surface area (Å²) in [5.74, 6) is 2.40. The zero-order valence-electron chi connectivity index (χ0n) is 55.4. The topological polar surface area (TPSA) is 139 Å². The fourth-order valence-corrected chi connectivity index (χ4v) is 7.69. The Labute approximate surface area is 507 Å². The summed E-state index contributed by atoms with van der Waals surface area (Å²) in [6.45, 7) is 51.3. The number of benzene rings is 7. The van der Waals surface area contributed by atoms with E-state index in [4.69, 9.17) is 27.0 Å². The molecule has 0 aliphatic rings. The molecule has 0 radical (unpaired) electrons. The molecule has 0 heterocycles. The number of ether oxygens (including phenoxy) is 1. The van der Waals surface area contributed by atoms with Gasteiger partial charge >= 0.3 is 0 Å². The molecule has 0 atom stereocenters. The van der Waals surface area contributed by atoms with Gasteiger partial charge in [-0.3, -0.25) is 0 Å². The first-order valence-corrected chi connectivity index (χ1v) is 28.9. The molecule has 0 unspecified atom stereocenters. The summed E-state index contributed by atoms with van der Waals surface area (Å²) in [4.78, 5) is 2.72. The van der Waals surface area contributed by atoms with Crippen LogP contribution in [0.15, 0.2) is 157 Å². The van der Waals surface area contributed by atoms with E-state index in [1.807, 2.05) is 106 Å². The van der Waals surface area contributed by atoms with Crippen LogP contribution in [0.3, 0.4) is 0 Å². The number of nitrogens with zero attached hydrogens (tertiary/aromatic N) is 3. The number of hydrogen-bond donors (Lipinski definition) is 4. The zero-order valence-corrected chi connectivity index (χ0v) is 56.1. The van der Waals surface area contributed by atoms with Crippen LogP contribution in [0.5, 0.6) is 28.7 Å². The average Bonchev–Trinajstić information content (AvgIpc) is 3.46. The van der Waals surface area contributed by atoms with Crippen molar-refractivity contribution in [1.29, 1.82) is 0 Å². The molecule has 0 spiro atoms. The Morgan fingerprint density at radius 2 is 0.699 bits per heavy atom. The molecule has 9 heteroatoms. The summed E-state index contributed by atoms with van der Waals surface area (Å²) in [5, 5.41) is 41.4. The fourth-order valence-electron chi connectivity index (χ4n) is 7.57. The van der Waals surface area contributed by atoms with Crippen molar-refractivity contribution in [1.82, 2.24) is 0 Å². The molecule has 0 fully saturated rings. The van der Waals surface area contributed by atoms with Crippen LogP contribution in [0.1, 0.15) is 201 Å². The van der Waals surface area contributed by atoms with Gasteiger partial charge in [0, 0.05) is 15.6 Å². The number of aryl methyl sites for hydroxylation is 3. The van der Waals surface area contributed by atoms with E-state index in [1.54, 1.807) is 37.4 Å². The van der Waals surface area contributed by atoms with Gasteiger partial charge in [-0.1, -0.05) is 259 Å². The fraction of sp³-hybridized carbons (Fsp3) is 0.432. The lowest BCUT2D eigenvalue weighted by molar-refractivity contribution is 0.414. The van der Waals surface area contributed by atoms with Crippen LogP contribution in [-0.2, 0) is 37.9 Å². The number of rotatable bonds is 2. The second-order valence-electron chi connectivity index (χ2n) is 28.3. The van der Waals surface area contributed by atoms with Gasteiger partial charge in [0.05, 0.1) is 7.11 Å². The molecule has 0 saturated carbocycles. The van der Waals surface area contributed by atoms with E-state index < -0.39 is 0 Å². The highest BCUT2D eigenvalue weighted by atomic mass is 35.5. The first-order valence-electron chi connectivity index (χ1n) is 28.6. The Balaban J connectivity index is 0.000000485. The van der Waals surface area contributed by atoms with E-state index in [1.165, 1.54) is 33.4 Å². The van der Waals surface area contributed by atoms with Gasteiger partial charge < -0.3 is 25.2 Å². The Morgan fingerprint density at radius 3 is 1.02 bits per heavy atom. The lowest BCUT2D eigenvalue weighted by Gasteiger charge is -2.20. The molecule has 0 aliphatic heterocycles. The summed E-state index contributed by atoms with van der Waals surface area (Å²) in [6, 6.07) is 48.5. The molecule has 0 saturated heterocycles. The molecule has 0 aromatic heterocycles. The van der Waals surface area contributed by atoms with Crippen LogP contribution in [0.4, 0.5) is 5.69 Å². The second kappa shape index (κ2) is 31.7. The minimum atomic E-state index is 0.124. The molecule has 0 aliphatic carbocycles. The summed E-state index contributed by atoms with van der Waals surface area (Å²) in [6.07, 6.45) is 0. The first kappa shape index (κ1) is 74.2. The van der Waals surface area contributed by atoms with Crippen molar-refractivity contribution in [3.63, 3.8) is 0 Å². The van der Waals surface area contributed by atoms with Crippen molar-refractivity contribution in [2.75, 3.05) is 7.11 Å². The number of halogens is 1. The minimum Gasteiger partial charge on any atom is -0.508 e. The molecule has 7 rings (SSSR count). The Bertz CT molecular complexity index is 2990. The van der Waals surface area contributed by atoms with E-state index >= 15 is 0 Å². The van der Waals surface area contributed by atoms with Gasteiger partial charge in [-0.05, 0) is 174 Å². The van der Waals surface area contributed by atoms with E-state index in [9.17, 15) is 15.3 Å². The van der Waals surface area contributed by atoms with Gasteiger partial charge in [-0.15, -0.1) is 0 Å². The number of aromatic hydroxyl groups is 4. The van der Waals surface area contributed by atoms with Gasteiger partial charge in [0.1, 0.15) is 28.7 Å².